The fourth-order valence-corrected chi connectivity index (χ4v) is 1.56. The SMILES string of the molecule is CCCCOC(=O)COc1ccccc1CNCC. The quantitative estimate of drug-likeness (QED) is 0.550. The van der Waals surface area contributed by atoms with Crippen molar-refractivity contribution in [2.45, 2.75) is 33.2 Å². The molecule has 0 spiro atoms. The highest BCUT2D eigenvalue weighted by Gasteiger charge is 2.07. The highest BCUT2D eigenvalue weighted by atomic mass is 16.6. The third-order valence-electron chi connectivity index (χ3n) is 2.64. The number of unbranched alkanes of at least 4 members (excludes halogenated alkanes) is 1. The summed E-state index contributed by atoms with van der Waals surface area (Å²) in [7, 11) is 0. The number of para-hydroxylation sites is 1. The van der Waals surface area contributed by atoms with E-state index in [0.717, 1.165) is 37.2 Å². The Bertz CT molecular complexity index is 379. The van der Waals surface area contributed by atoms with Gasteiger partial charge in [0.25, 0.3) is 0 Å². The fourth-order valence-electron chi connectivity index (χ4n) is 1.56. The summed E-state index contributed by atoms with van der Waals surface area (Å²) >= 11 is 0. The van der Waals surface area contributed by atoms with Gasteiger partial charge in [0.05, 0.1) is 6.61 Å². The van der Waals surface area contributed by atoms with Crippen molar-refractivity contribution in [3.63, 3.8) is 0 Å². The van der Waals surface area contributed by atoms with E-state index in [1.165, 1.54) is 0 Å². The molecule has 0 radical (unpaired) electrons. The van der Waals surface area contributed by atoms with Crippen LogP contribution in [0.15, 0.2) is 24.3 Å². The Labute approximate surface area is 115 Å². The summed E-state index contributed by atoms with van der Waals surface area (Å²) in [4.78, 5) is 11.5. The number of rotatable bonds is 9. The lowest BCUT2D eigenvalue weighted by Gasteiger charge is -2.11. The second-order valence-corrected chi connectivity index (χ2v) is 4.25. The van der Waals surface area contributed by atoms with Gasteiger partial charge in [-0.3, -0.25) is 0 Å². The number of hydrogen-bond acceptors (Lipinski definition) is 4. The van der Waals surface area contributed by atoms with Gasteiger partial charge in [0, 0.05) is 12.1 Å². The number of nitrogens with one attached hydrogen (secondary N) is 1. The zero-order valence-corrected chi connectivity index (χ0v) is 11.8. The molecule has 4 heteroatoms. The van der Waals surface area contributed by atoms with Gasteiger partial charge < -0.3 is 14.8 Å². The monoisotopic (exact) mass is 265 g/mol. The van der Waals surface area contributed by atoms with Crippen LogP contribution in [-0.4, -0.2) is 25.7 Å². The Morgan fingerprint density at radius 3 is 2.79 bits per heavy atom. The molecule has 1 aromatic rings. The molecule has 0 aliphatic rings. The Hall–Kier alpha value is -1.55. The van der Waals surface area contributed by atoms with Crippen LogP contribution in [0.4, 0.5) is 0 Å². The first-order chi connectivity index (χ1) is 9.27. The fraction of sp³-hybridized carbons (Fsp3) is 0.533. The molecule has 0 saturated heterocycles. The van der Waals surface area contributed by atoms with E-state index in [0.29, 0.717) is 6.61 Å². The Kier molecular flexibility index (Phi) is 7.66. The van der Waals surface area contributed by atoms with Gasteiger partial charge in [-0.25, -0.2) is 4.79 Å². The molecule has 0 unspecified atom stereocenters. The molecule has 1 aromatic carbocycles. The molecule has 1 rings (SSSR count). The van der Waals surface area contributed by atoms with Crippen molar-refractivity contribution in [2.75, 3.05) is 19.8 Å². The van der Waals surface area contributed by atoms with Gasteiger partial charge in [0.1, 0.15) is 5.75 Å². The molecule has 0 amide bonds. The highest BCUT2D eigenvalue weighted by molar-refractivity contribution is 5.71. The van der Waals surface area contributed by atoms with Crippen LogP contribution in [0.1, 0.15) is 32.3 Å². The predicted octanol–water partition coefficient (Wildman–Crippen LogP) is 2.52. The van der Waals surface area contributed by atoms with E-state index in [-0.39, 0.29) is 12.6 Å². The van der Waals surface area contributed by atoms with Crippen LogP contribution >= 0.6 is 0 Å². The molecule has 0 fully saturated rings. The molecule has 0 aliphatic heterocycles. The lowest BCUT2D eigenvalue weighted by atomic mass is 10.2. The molecule has 0 aromatic heterocycles. The number of carbonyl (C=O) groups excluding carboxylic acids is 1. The van der Waals surface area contributed by atoms with Crippen LogP contribution in [0, 0.1) is 0 Å². The molecule has 0 heterocycles. The zero-order chi connectivity index (χ0) is 13.9. The van der Waals surface area contributed by atoms with Crippen molar-refractivity contribution in [2.24, 2.45) is 0 Å². The lowest BCUT2D eigenvalue weighted by Crippen LogP contribution is -2.17. The van der Waals surface area contributed by atoms with Crippen molar-refractivity contribution < 1.29 is 14.3 Å². The van der Waals surface area contributed by atoms with Gasteiger partial charge in [-0.15, -0.1) is 0 Å². The third kappa shape index (κ3) is 6.25. The van der Waals surface area contributed by atoms with Gasteiger partial charge in [-0.2, -0.15) is 0 Å². The van der Waals surface area contributed by atoms with Gasteiger partial charge >= 0.3 is 5.97 Å². The number of ether oxygens (including phenoxy) is 2. The van der Waals surface area contributed by atoms with Gasteiger partial charge in [-0.05, 0) is 19.0 Å². The molecule has 0 aliphatic carbocycles. The van der Waals surface area contributed by atoms with Crippen LogP contribution in [0.5, 0.6) is 5.75 Å². The minimum atomic E-state index is -0.313. The topological polar surface area (TPSA) is 47.6 Å². The zero-order valence-electron chi connectivity index (χ0n) is 11.8. The van der Waals surface area contributed by atoms with E-state index < -0.39 is 0 Å². The van der Waals surface area contributed by atoms with E-state index in [2.05, 4.69) is 19.2 Å². The highest BCUT2D eigenvalue weighted by Crippen LogP contribution is 2.17. The molecule has 0 atom stereocenters. The van der Waals surface area contributed by atoms with Crippen molar-refractivity contribution in [3.05, 3.63) is 29.8 Å². The van der Waals surface area contributed by atoms with E-state index in [9.17, 15) is 4.79 Å². The Morgan fingerprint density at radius 2 is 2.05 bits per heavy atom. The first-order valence-electron chi connectivity index (χ1n) is 6.85. The predicted molar refractivity (Wildman–Crippen MR) is 75.2 cm³/mol. The van der Waals surface area contributed by atoms with E-state index >= 15 is 0 Å². The lowest BCUT2D eigenvalue weighted by molar-refractivity contribution is -0.146. The van der Waals surface area contributed by atoms with E-state index in [1.807, 2.05) is 24.3 Å². The van der Waals surface area contributed by atoms with Crippen LogP contribution in [0.2, 0.25) is 0 Å². The second kappa shape index (κ2) is 9.39. The number of benzene rings is 1. The third-order valence-corrected chi connectivity index (χ3v) is 2.64. The molecule has 0 saturated carbocycles. The van der Waals surface area contributed by atoms with Crippen molar-refractivity contribution >= 4 is 5.97 Å². The minimum Gasteiger partial charge on any atom is -0.482 e. The van der Waals surface area contributed by atoms with Crippen molar-refractivity contribution in [3.8, 4) is 5.75 Å². The molecular formula is C15H23NO3. The van der Waals surface area contributed by atoms with Crippen molar-refractivity contribution in [1.82, 2.24) is 5.32 Å². The summed E-state index contributed by atoms with van der Waals surface area (Å²) in [6.07, 6.45) is 1.91. The van der Waals surface area contributed by atoms with Crippen LogP contribution < -0.4 is 10.1 Å². The maximum absolute atomic E-state index is 11.5. The summed E-state index contributed by atoms with van der Waals surface area (Å²) in [5.41, 5.74) is 1.05. The molecule has 0 bridgehead atoms. The van der Waals surface area contributed by atoms with Crippen LogP contribution in [-0.2, 0) is 16.1 Å². The number of esters is 1. The number of hydrogen-bond donors (Lipinski definition) is 1. The maximum atomic E-state index is 11.5. The number of carbonyl (C=O) groups is 1. The summed E-state index contributed by atoms with van der Waals surface area (Å²) in [6, 6.07) is 7.71. The van der Waals surface area contributed by atoms with E-state index in [4.69, 9.17) is 9.47 Å². The smallest absolute Gasteiger partial charge is 0.344 e. The van der Waals surface area contributed by atoms with Gasteiger partial charge in [0.15, 0.2) is 6.61 Å². The van der Waals surface area contributed by atoms with E-state index in [1.54, 1.807) is 0 Å². The first kappa shape index (κ1) is 15.5. The minimum absolute atomic E-state index is 0.0349. The largest absolute Gasteiger partial charge is 0.482 e. The summed E-state index contributed by atoms with van der Waals surface area (Å²) in [5, 5.41) is 3.24. The van der Waals surface area contributed by atoms with Crippen LogP contribution in [0.25, 0.3) is 0 Å². The van der Waals surface area contributed by atoms with Crippen molar-refractivity contribution in [1.29, 1.82) is 0 Å². The molecular weight excluding hydrogens is 242 g/mol. The standard InChI is InChI=1S/C15H23NO3/c1-3-5-10-18-15(17)12-19-14-9-7-6-8-13(14)11-16-4-2/h6-9,16H,3-5,10-12H2,1-2H3. The van der Waals surface area contributed by atoms with Gasteiger partial charge in [0.2, 0.25) is 0 Å². The summed E-state index contributed by atoms with van der Waals surface area (Å²) in [5.74, 6) is 0.419. The maximum Gasteiger partial charge on any atom is 0.344 e. The Morgan fingerprint density at radius 1 is 1.26 bits per heavy atom. The second-order valence-electron chi connectivity index (χ2n) is 4.25. The molecule has 106 valence electrons. The van der Waals surface area contributed by atoms with Crippen LogP contribution in [0.3, 0.4) is 0 Å². The molecule has 19 heavy (non-hydrogen) atoms. The summed E-state index contributed by atoms with van der Waals surface area (Å²) < 4.78 is 10.6. The molecule has 1 N–H and O–H groups in total. The molecule has 4 nitrogen and oxygen atoms in total. The first-order valence-corrected chi connectivity index (χ1v) is 6.85. The summed E-state index contributed by atoms with van der Waals surface area (Å²) in [6.45, 7) is 6.17. The average molecular weight is 265 g/mol. The normalized spacial score (nSPS) is 10.2. The van der Waals surface area contributed by atoms with Gasteiger partial charge in [-0.1, -0.05) is 38.5 Å². The average Bonchev–Trinajstić information content (AvgIpc) is 2.44. The Balaban J connectivity index is 2.41.